The molecule has 4 nitrogen and oxygen atoms in total. The number of fused-ring (bicyclic) bond motifs is 1. The third-order valence-electron chi connectivity index (χ3n) is 3.08. The van der Waals surface area contributed by atoms with Crippen LogP contribution in [0.2, 0.25) is 5.02 Å². The molecule has 6 heteroatoms. The number of alkyl halides is 1. The van der Waals surface area contributed by atoms with Crippen molar-refractivity contribution in [1.82, 2.24) is 15.0 Å². The summed E-state index contributed by atoms with van der Waals surface area (Å²) in [5, 5.41) is 1.45. The van der Waals surface area contributed by atoms with E-state index in [2.05, 4.69) is 15.0 Å². The quantitative estimate of drug-likeness (QED) is 0.666. The molecule has 1 aromatic carbocycles. The third-order valence-corrected chi connectivity index (χ3v) is 3.70. The SMILES string of the molecule is Cc1nc(Oc2ccc(Cl)c3cccnc23)ncc1CCl. The summed E-state index contributed by atoms with van der Waals surface area (Å²) in [6, 6.07) is 7.50. The number of halogens is 2. The second kappa shape index (κ2) is 5.84. The maximum Gasteiger partial charge on any atom is 0.322 e. The summed E-state index contributed by atoms with van der Waals surface area (Å²) in [4.78, 5) is 12.8. The molecule has 106 valence electrons. The fourth-order valence-electron chi connectivity index (χ4n) is 1.94. The van der Waals surface area contributed by atoms with E-state index >= 15 is 0 Å². The first-order valence-corrected chi connectivity index (χ1v) is 7.20. The van der Waals surface area contributed by atoms with Gasteiger partial charge in [-0.15, -0.1) is 11.6 Å². The van der Waals surface area contributed by atoms with Crippen LogP contribution >= 0.6 is 23.2 Å². The fourth-order valence-corrected chi connectivity index (χ4v) is 2.42. The molecule has 0 radical (unpaired) electrons. The highest BCUT2D eigenvalue weighted by Gasteiger charge is 2.10. The number of hydrogen-bond acceptors (Lipinski definition) is 4. The van der Waals surface area contributed by atoms with Crippen molar-refractivity contribution in [2.75, 3.05) is 0 Å². The Morgan fingerprint density at radius 1 is 1.19 bits per heavy atom. The van der Waals surface area contributed by atoms with Crippen molar-refractivity contribution < 1.29 is 4.74 Å². The summed E-state index contributed by atoms with van der Waals surface area (Å²) in [6.45, 7) is 1.87. The van der Waals surface area contributed by atoms with Crippen LogP contribution in [0, 0.1) is 6.92 Å². The summed E-state index contributed by atoms with van der Waals surface area (Å²) >= 11 is 12.0. The minimum Gasteiger partial charge on any atom is -0.422 e. The van der Waals surface area contributed by atoms with Gasteiger partial charge in [0.15, 0.2) is 5.75 Å². The summed E-state index contributed by atoms with van der Waals surface area (Å²) in [5.41, 5.74) is 2.34. The lowest BCUT2D eigenvalue weighted by Crippen LogP contribution is -1.98. The van der Waals surface area contributed by atoms with Gasteiger partial charge in [0, 0.05) is 29.0 Å². The summed E-state index contributed by atoms with van der Waals surface area (Å²) in [5.74, 6) is 0.936. The van der Waals surface area contributed by atoms with E-state index in [0.29, 0.717) is 22.2 Å². The fraction of sp³-hybridized carbons (Fsp3) is 0.133. The number of benzene rings is 1. The Balaban J connectivity index is 2.02. The molecular formula is C15H11Cl2N3O. The lowest BCUT2D eigenvalue weighted by molar-refractivity contribution is 0.443. The smallest absolute Gasteiger partial charge is 0.322 e. The zero-order chi connectivity index (χ0) is 14.8. The highest BCUT2D eigenvalue weighted by molar-refractivity contribution is 6.35. The highest BCUT2D eigenvalue weighted by Crippen LogP contribution is 2.31. The molecule has 0 aliphatic carbocycles. The molecule has 0 N–H and O–H groups in total. The minimum absolute atomic E-state index is 0.260. The first-order valence-electron chi connectivity index (χ1n) is 6.28. The van der Waals surface area contributed by atoms with E-state index in [0.717, 1.165) is 16.6 Å². The largest absolute Gasteiger partial charge is 0.422 e. The molecule has 0 spiro atoms. The molecule has 0 aliphatic rings. The van der Waals surface area contributed by atoms with Crippen LogP contribution in [0.3, 0.4) is 0 Å². The van der Waals surface area contributed by atoms with E-state index in [1.165, 1.54) is 0 Å². The number of nitrogens with zero attached hydrogens (tertiary/aromatic N) is 3. The number of rotatable bonds is 3. The van der Waals surface area contributed by atoms with Crippen LogP contribution in [-0.4, -0.2) is 15.0 Å². The second-order valence-corrected chi connectivity index (χ2v) is 5.12. The van der Waals surface area contributed by atoms with Gasteiger partial charge in [-0.1, -0.05) is 11.6 Å². The molecule has 0 fully saturated rings. The van der Waals surface area contributed by atoms with Gasteiger partial charge < -0.3 is 4.74 Å². The van der Waals surface area contributed by atoms with Crippen LogP contribution < -0.4 is 4.74 Å². The molecule has 2 heterocycles. The average Bonchev–Trinajstić information content (AvgIpc) is 2.51. The molecule has 3 aromatic rings. The Kier molecular flexibility index (Phi) is 3.90. The van der Waals surface area contributed by atoms with Gasteiger partial charge in [-0.05, 0) is 31.2 Å². The van der Waals surface area contributed by atoms with E-state index in [1.54, 1.807) is 24.5 Å². The molecule has 3 rings (SSSR count). The van der Waals surface area contributed by atoms with Crippen LogP contribution in [0.15, 0.2) is 36.7 Å². The maximum atomic E-state index is 6.16. The number of pyridine rings is 1. The van der Waals surface area contributed by atoms with Crippen molar-refractivity contribution >= 4 is 34.1 Å². The van der Waals surface area contributed by atoms with Crippen LogP contribution in [0.1, 0.15) is 11.3 Å². The zero-order valence-corrected chi connectivity index (χ0v) is 12.7. The van der Waals surface area contributed by atoms with Crippen molar-refractivity contribution in [1.29, 1.82) is 0 Å². The Labute approximate surface area is 131 Å². The predicted molar refractivity (Wildman–Crippen MR) is 83.2 cm³/mol. The first kappa shape index (κ1) is 14.0. The number of hydrogen-bond donors (Lipinski definition) is 0. The molecule has 0 bridgehead atoms. The van der Waals surface area contributed by atoms with Crippen LogP contribution in [0.25, 0.3) is 10.9 Å². The Bertz CT molecular complexity index is 808. The molecule has 0 unspecified atom stereocenters. The Morgan fingerprint density at radius 2 is 2.05 bits per heavy atom. The van der Waals surface area contributed by atoms with Gasteiger partial charge in [0.05, 0.1) is 10.9 Å². The van der Waals surface area contributed by atoms with Crippen LogP contribution in [0.4, 0.5) is 0 Å². The van der Waals surface area contributed by atoms with Gasteiger partial charge in [-0.2, -0.15) is 4.98 Å². The van der Waals surface area contributed by atoms with Crippen molar-refractivity contribution in [3.8, 4) is 11.8 Å². The second-order valence-electron chi connectivity index (χ2n) is 4.44. The topological polar surface area (TPSA) is 47.9 Å². The molecular weight excluding hydrogens is 309 g/mol. The Morgan fingerprint density at radius 3 is 2.81 bits per heavy atom. The van der Waals surface area contributed by atoms with Gasteiger partial charge in [0.1, 0.15) is 5.52 Å². The van der Waals surface area contributed by atoms with E-state index in [4.69, 9.17) is 27.9 Å². The first-order chi connectivity index (χ1) is 10.2. The summed E-state index contributed by atoms with van der Waals surface area (Å²) in [6.07, 6.45) is 3.35. The van der Waals surface area contributed by atoms with Crippen molar-refractivity contribution in [2.24, 2.45) is 0 Å². The molecule has 0 saturated heterocycles. The standard InChI is InChI=1S/C15H11Cl2N3O/c1-9-10(7-16)8-19-15(20-9)21-13-5-4-12(17)11-3-2-6-18-14(11)13/h2-6,8H,7H2,1H3. The van der Waals surface area contributed by atoms with Crippen molar-refractivity contribution in [3.05, 3.63) is 52.9 Å². The van der Waals surface area contributed by atoms with Crippen molar-refractivity contribution in [3.63, 3.8) is 0 Å². The van der Waals surface area contributed by atoms with Gasteiger partial charge in [0.25, 0.3) is 0 Å². The maximum absolute atomic E-state index is 6.16. The minimum atomic E-state index is 0.260. The Hall–Kier alpha value is -1.91. The van der Waals surface area contributed by atoms with E-state index < -0.39 is 0 Å². The monoisotopic (exact) mass is 319 g/mol. The van der Waals surface area contributed by atoms with E-state index in [-0.39, 0.29) is 6.01 Å². The summed E-state index contributed by atoms with van der Waals surface area (Å²) in [7, 11) is 0. The van der Waals surface area contributed by atoms with Gasteiger partial charge in [0.2, 0.25) is 0 Å². The summed E-state index contributed by atoms with van der Waals surface area (Å²) < 4.78 is 5.74. The molecule has 21 heavy (non-hydrogen) atoms. The lowest BCUT2D eigenvalue weighted by Gasteiger charge is -2.09. The van der Waals surface area contributed by atoms with Gasteiger partial charge in [-0.3, -0.25) is 4.98 Å². The van der Waals surface area contributed by atoms with Crippen LogP contribution in [-0.2, 0) is 5.88 Å². The van der Waals surface area contributed by atoms with E-state index in [1.807, 2.05) is 19.1 Å². The van der Waals surface area contributed by atoms with Crippen molar-refractivity contribution in [2.45, 2.75) is 12.8 Å². The molecule has 0 amide bonds. The zero-order valence-electron chi connectivity index (χ0n) is 11.2. The molecule has 0 atom stereocenters. The lowest BCUT2D eigenvalue weighted by atomic mass is 10.2. The normalized spacial score (nSPS) is 10.8. The third kappa shape index (κ3) is 2.77. The van der Waals surface area contributed by atoms with Gasteiger partial charge >= 0.3 is 6.01 Å². The number of ether oxygens (including phenoxy) is 1. The molecule has 2 aromatic heterocycles. The number of aromatic nitrogens is 3. The van der Waals surface area contributed by atoms with Crippen LogP contribution in [0.5, 0.6) is 11.8 Å². The number of aryl methyl sites for hydroxylation is 1. The van der Waals surface area contributed by atoms with Gasteiger partial charge in [-0.25, -0.2) is 4.98 Å². The molecule has 0 saturated carbocycles. The molecule has 0 aliphatic heterocycles. The average molecular weight is 320 g/mol. The highest BCUT2D eigenvalue weighted by atomic mass is 35.5. The predicted octanol–water partition coefficient (Wildman–Crippen LogP) is 4.52. The van der Waals surface area contributed by atoms with E-state index in [9.17, 15) is 0 Å².